The molecule has 1 unspecified atom stereocenters. The van der Waals surface area contributed by atoms with Crippen molar-refractivity contribution in [3.8, 4) is 0 Å². The number of rotatable bonds is 2. The quantitative estimate of drug-likeness (QED) is 0.881. The number of carbonyl (C=O) groups excluding carboxylic acids is 1. The SMILES string of the molecule is O=C(NC1CCCc2ccccc21)c1ccc(Cl)cc1F. The Balaban J connectivity index is 1.83. The minimum Gasteiger partial charge on any atom is -0.345 e. The third-order valence-electron chi connectivity index (χ3n) is 3.85. The van der Waals surface area contributed by atoms with Crippen LogP contribution in [0.3, 0.4) is 0 Å². The van der Waals surface area contributed by atoms with Gasteiger partial charge in [0.25, 0.3) is 5.91 Å². The maximum atomic E-state index is 13.8. The van der Waals surface area contributed by atoms with E-state index in [1.807, 2.05) is 18.2 Å². The van der Waals surface area contributed by atoms with Crippen molar-refractivity contribution in [2.24, 2.45) is 0 Å². The van der Waals surface area contributed by atoms with Crippen LogP contribution in [-0.2, 0) is 6.42 Å². The Labute approximate surface area is 127 Å². The van der Waals surface area contributed by atoms with Crippen LogP contribution < -0.4 is 5.32 Å². The number of carbonyl (C=O) groups is 1. The first-order chi connectivity index (χ1) is 10.1. The van der Waals surface area contributed by atoms with Crippen LogP contribution in [0.5, 0.6) is 0 Å². The van der Waals surface area contributed by atoms with Crippen LogP contribution in [0.15, 0.2) is 42.5 Å². The molecule has 1 atom stereocenters. The van der Waals surface area contributed by atoms with Gasteiger partial charge in [0.1, 0.15) is 5.82 Å². The fourth-order valence-electron chi connectivity index (χ4n) is 2.81. The minimum atomic E-state index is -0.593. The van der Waals surface area contributed by atoms with Gasteiger partial charge in [0, 0.05) is 5.02 Å². The summed E-state index contributed by atoms with van der Waals surface area (Å²) in [7, 11) is 0. The number of fused-ring (bicyclic) bond motifs is 1. The molecule has 0 radical (unpaired) electrons. The van der Waals surface area contributed by atoms with Crippen LogP contribution in [0.25, 0.3) is 0 Å². The van der Waals surface area contributed by atoms with Crippen molar-refractivity contribution in [3.63, 3.8) is 0 Å². The first-order valence-electron chi connectivity index (χ1n) is 6.99. The Bertz CT molecular complexity index is 686. The van der Waals surface area contributed by atoms with Crippen molar-refractivity contribution in [1.82, 2.24) is 5.32 Å². The number of amides is 1. The summed E-state index contributed by atoms with van der Waals surface area (Å²) in [6.07, 6.45) is 2.92. The molecule has 2 nitrogen and oxygen atoms in total. The maximum Gasteiger partial charge on any atom is 0.254 e. The minimum absolute atomic E-state index is 0.0301. The highest BCUT2D eigenvalue weighted by Gasteiger charge is 2.23. The Kier molecular flexibility index (Phi) is 3.93. The molecule has 0 saturated carbocycles. The van der Waals surface area contributed by atoms with E-state index < -0.39 is 11.7 Å². The van der Waals surface area contributed by atoms with Crippen LogP contribution in [0.4, 0.5) is 4.39 Å². The van der Waals surface area contributed by atoms with Crippen molar-refractivity contribution in [1.29, 1.82) is 0 Å². The van der Waals surface area contributed by atoms with E-state index in [0.717, 1.165) is 30.9 Å². The van der Waals surface area contributed by atoms with Crippen molar-refractivity contribution in [3.05, 3.63) is 70.0 Å². The molecular weight excluding hydrogens is 289 g/mol. The van der Waals surface area contributed by atoms with Crippen molar-refractivity contribution in [2.75, 3.05) is 0 Å². The van der Waals surface area contributed by atoms with Crippen LogP contribution >= 0.6 is 11.6 Å². The predicted molar refractivity (Wildman–Crippen MR) is 81.0 cm³/mol. The highest BCUT2D eigenvalue weighted by Crippen LogP contribution is 2.29. The number of aryl methyl sites for hydroxylation is 1. The first-order valence-corrected chi connectivity index (χ1v) is 7.36. The molecule has 21 heavy (non-hydrogen) atoms. The second-order valence-electron chi connectivity index (χ2n) is 5.24. The number of benzene rings is 2. The topological polar surface area (TPSA) is 29.1 Å². The van der Waals surface area contributed by atoms with Crippen LogP contribution in [0, 0.1) is 5.82 Å². The number of hydrogen-bond acceptors (Lipinski definition) is 1. The third-order valence-corrected chi connectivity index (χ3v) is 4.09. The van der Waals surface area contributed by atoms with Crippen molar-refractivity contribution < 1.29 is 9.18 Å². The van der Waals surface area contributed by atoms with Gasteiger partial charge in [-0.25, -0.2) is 4.39 Å². The van der Waals surface area contributed by atoms with E-state index in [1.54, 1.807) is 0 Å². The molecule has 1 amide bonds. The number of nitrogens with one attached hydrogen (secondary N) is 1. The molecule has 1 aliphatic carbocycles. The third kappa shape index (κ3) is 2.93. The Morgan fingerprint density at radius 2 is 2.05 bits per heavy atom. The van der Waals surface area contributed by atoms with Gasteiger partial charge in [0.05, 0.1) is 11.6 Å². The molecule has 0 spiro atoms. The molecule has 0 saturated heterocycles. The highest BCUT2D eigenvalue weighted by molar-refractivity contribution is 6.30. The summed E-state index contributed by atoms with van der Waals surface area (Å²) in [6, 6.07) is 12.1. The Morgan fingerprint density at radius 3 is 2.86 bits per heavy atom. The highest BCUT2D eigenvalue weighted by atomic mass is 35.5. The zero-order valence-electron chi connectivity index (χ0n) is 11.4. The smallest absolute Gasteiger partial charge is 0.254 e. The van der Waals surface area contributed by atoms with E-state index in [-0.39, 0.29) is 16.6 Å². The zero-order valence-corrected chi connectivity index (χ0v) is 12.2. The lowest BCUT2D eigenvalue weighted by Crippen LogP contribution is -2.31. The van der Waals surface area contributed by atoms with Crippen LogP contribution in [-0.4, -0.2) is 5.91 Å². The van der Waals surface area contributed by atoms with Crippen LogP contribution in [0.1, 0.15) is 40.4 Å². The summed E-state index contributed by atoms with van der Waals surface area (Å²) in [6.45, 7) is 0. The van der Waals surface area contributed by atoms with Gasteiger partial charge in [-0.1, -0.05) is 35.9 Å². The molecule has 2 aromatic carbocycles. The lowest BCUT2D eigenvalue weighted by molar-refractivity contribution is 0.0928. The molecular formula is C17H15ClFNO. The fraction of sp³-hybridized carbons (Fsp3) is 0.235. The van der Waals surface area contributed by atoms with E-state index in [2.05, 4.69) is 11.4 Å². The van der Waals surface area contributed by atoms with E-state index in [1.165, 1.54) is 17.7 Å². The normalized spacial score (nSPS) is 17.1. The van der Waals surface area contributed by atoms with Crippen molar-refractivity contribution >= 4 is 17.5 Å². The summed E-state index contributed by atoms with van der Waals surface area (Å²) >= 11 is 5.71. The lowest BCUT2D eigenvalue weighted by Gasteiger charge is -2.26. The Hall–Kier alpha value is -1.87. The van der Waals surface area contributed by atoms with E-state index in [9.17, 15) is 9.18 Å². The lowest BCUT2D eigenvalue weighted by atomic mass is 9.87. The molecule has 3 rings (SSSR count). The Morgan fingerprint density at radius 1 is 1.24 bits per heavy atom. The van der Waals surface area contributed by atoms with E-state index in [4.69, 9.17) is 11.6 Å². The molecule has 0 heterocycles. The zero-order chi connectivity index (χ0) is 14.8. The average Bonchev–Trinajstić information content (AvgIpc) is 2.47. The summed E-state index contributed by atoms with van der Waals surface area (Å²) in [4.78, 5) is 12.3. The molecule has 4 heteroatoms. The van der Waals surface area contributed by atoms with Crippen molar-refractivity contribution in [2.45, 2.75) is 25.3 Å². The molecule has 0 aliphatic heterocycles. The standard InChI is InChI=1S/C17H15ClFNO/c18-12-8-9-14(15(19)10-12)17(21)20-16-7-3-5-11-4-1-2-6-13(11)16/h1-2,4,6,8-10,16H,3,5,7H2,(H,20,21). The molecule has 108 valence electrons. The predicted octanol–water partition coefficient (Wildman–Crippen LogP) is 4.29. The molecule has 2 aromatic rings. The second-order valence-corrected chi connectivity index (χ2v) is 5.68. The number of halogens is 2. The fourth-order valence-corrected chi connectivity index (χ4v) is 2.97. The monoisotopic (exact) mass is 303 g/mol. The van der Waals surface area contributed by atoms with E-state index in [0.29, 0.717) is 0 Å². The molecule has 0 bridgehead atoms. The second kappa shape index (κ2) is 5.86. The van der Waals surface area contributed by atoms with Gasteiger partial charge in [0.2, 0.25) is 0 Å². The van der Waals surface area contributed by atoms with Gasteiger partial charge < -0.3 is 5.32 Å². The molecule has 0 fully saturated rings. The number of hydrogen-bond donors (Lipinski definition) is 1. The van der Waals surface area contributed by atoms with Gasteiger partial charge in [-0.2, -0.15) is 0 Å². The average molecular weight is 304 g/mol. The van der Waals surface area contributed by atoms with Gasteiger partial charge >= 0.3 is 0 Å². The van der Waals surface area contributed by atoms with E-state index >= 15 is 0 Å². The molecule has 1 N–H and O–H groups in total. The molecule has 1 aliphatic rings. The largest absolute Gasteiger partial charge is 0.345 e. The summed E-state index contributed by atoms with van der Waals surface area (Å²) in [5, 5.41) is 3.21. The first kappa shape index (κ1) is 14.1. The summed E-state index contributed by atoms with van der Waals surface area (Å²) < 4.78 is 13.8. The van der Waals surface area contributed by atoms with Gasteiger partial charge in [-0.05, 0) is 48.6 Å². The van der Waals surface area contributed by atoms with Gasteiger partial charge in [-0.3, -0.25) is 4.79 Å². The van der Waals surface area contributed by atoms with Crippen LogP contribution in [0.2, 0.25) is 5.02 Å². The van der Waals surface area contributed by atoms with Gasteiger partial charge in [-0.15, -0.1) is 0 Å². The maximum absolute atomic E-state index is 13.8. The summed E-state index contributed by atoms with van der Waals surface area (Å²) in [5.41, 5.74) is 2.42. The summed E-state index contributed by atoms with van der Waals surface area (Å²) in [5.74, 6) is -0.991. The molecule has 0 aromatic heterocycles. The van der Waals surface area contributed by atoms with Gasteiger partial charge in [0.15, 0.2) is 0 Å².